The number of nitrogens with one attached hydrogen (secondary N) is 2. The van der Waals surface area contributed by atoms with E-state index in [0.717, 1.165) is 25.1 Å². The van der Waals surface area contributed by atoms with Crippen LogP contribution in [0.3, 0.4) is 0 Å². The minimum absolute atomic E-state index is 0.0815. The van der Waals surface area contributed by atoms with Gasteiger partial charge in [-0.05, 0) is 49.6 Å². The van der Waals surface area contributed by atoms with Crippen molar-refractivity contribution in [1.29, 1.82) is 0 Å². The minimum Gasteiger partial charge on any atom is -0.352 e. The monoisotopic (exact) mass is 362 g/mol. The third kappa shape index (κ3) is 5.03. The van der Waals surface area contributed by atoms with Crippen LogP contribution in [0.1, 0.15) is 32.1 Å². The molecular formula is C18H23ClN4O2. The highest BCUT2D eigenvalue weighted by atomic mass is 35.5. The van der Waals surface area contributed by atoms with Crippen molar-refractivity contribution in [3.63, 3.8) is 0 Å². The molecule has 0 spiro atoms. The lowest BCUT2D eigenvalue weighted by Gasteiger charge is -2.30. The van der Waals surface area contributed by atoms with Crippen LogP contribution >= 0.6 is 11.6 Å². The molecular weight excluding hydrogens is 340 g/mol. The minimum atomic E-state index is 0.0815. The second-order valence-electron chi connectivity index (χ2n) is 6.52. The Morgan fingerprint density at radius 3 is 2.96 bits per heavy atom. The second kappa shape index (κ2) is 8.45. The molecule has 1 saturated heterocycles. The lowest BCUT2D eigenvalue weighted by molar-refractivity contribution is -0.122. The molecule has 1 aromatic heterocycles. The molecule has 25 heavy (non-hydrogen) atoms. The molecule has 2 atom stereocenters. The van der Waals surface area contributed by atoms with E-state index >= 15 is 0 Å². The second-order valence-corrected chi connectivity index (χ2v) is 6.95. The summed E-state index contributed by atoms with van der Waals surface area (Å²) in [4.78, 5) is 16.5. The van der Waals surface area contributed by atoms with Crippen molar-refractivity contribution < 1.29 is 9.32 Å². The molecule has 2 aromatic rings. The summed E-state index contributed by atoms with van der Waals surface area (Å²) in [6, 6.07) is 7.51. The highest BCUT2D eigenvalue weighted by molar-refractivity contribution is 6.30. The van der Waals surface area contributed by atoms with Crippen LogP contribution in [0, 0.1) is 5.92 Å². The number of halogens is 1. The van der Waals surface area contributed by atoms with Crippen molar-refractivity contribution in [2.24, 2.45) is 5.92 Å². The van der Waals surface area contributed by atoms with Gasteiger partial charge in [0.15, 0.2) is 0 Å². The Kier molecular flexibility index (Phi) is 6.04. The summed E-state index contributed by atoms with van der Waals surface area (Å²) in [6.45, 7) is 4.06. The summed E-state index contributed by atoms with van der Waals surface area (Å²) < 4.78 is 5.26. The summed E-state index contributed by atoms with van der Waals surface area (Å²) in [5.41, 5.74) is 0.857. The van der Waals surface area contributed by atoms with Crippen molar-refractivity contribution in [3.8, 4) is 11.4 Å². The Morgan fingerprint density at radius 2 is 2.20 bits per heavy atom. The summed E-state index contributed by atoms with van der Waals surface area (Å²) in [5.74, 6) is 1.68. The Hall–Kier alpha value is -1.92. The maximum Gasteiger partial charge on any atom is 0.226 e. The van der Waals surface area contributed by atoms with Crippen molar-refractivity contribution in [2.45, 2.75) is 38.6 Å². The van der Waals surface area contributed by atoms with Gasteiger partial charge < -0.3 is 15.2 Å². The number of rotatable bonds is 6. The van der Waals surface area contributed by atoms with E-state index in [4.69, 9.17) is 16.1 Å². The third-order valence-corrected chi connectivity index (χ3v) is 4.79. The zero-order chi connectivity index (χ0) is 17.6. The first kappa shape index (κ1) is 17.9. The van der Waals surface area contributed by atoms with Gasteiger partial charge in [-0.15, -0.1) is 0 Å². The smallest absolute Gasteiger partial charge is 0.226 e. The van der Waals surface area contributed by atoms with Crippen LogP contribution in [-0.2, 0) is 11.2 Å². The van der Waals surface area contributed by atoms with Gasteiger partial charge in [-0.1, -0.05) is 23.7 Å². The Morgan fingerprint density at radius 1 is 1.40 bits per heavy atom. The van der Waals surface area contributed by atoms with Crippen LogP contribution in [0.2, 0.25) is 5.02 Å². The number of hydrogen-bond acceptors (Lipinski definition) is 5. The lowest BCUT2D eigenvalue weighted by Crippen LogP contribution is -2.50. The number of benzene rings is 1. The molecule has 1 aromatic carbocycles. The third-order valence-electron chi connectivity index (χ3n) is 4.54. The molecule has 7 heteroatoms. The van der Waals surface area contributed by atoms with Gasteiger partial charge in [-0.25, -0.2) is 0 Å². The van der Waals surface area contributed by atoms with Gasteiger partial charge in [0, 0.05) is 36.0 Å². The van der Waals surface area contributed by atoms with Crippen molar-refractivity contribution in [1.82, 2.24) is 20.8 Å². The molecule has 0 bridgehead atoms. The van der Waals surface area contributed by atoms with E-state index in [1.54, 1.807) is 12.1 Å². The summed E-state index contributed by atoms with van der Waals surface area (Å²) in [5, 5.41) is 11.1. The number of aryl methyl sites for hydroxylation is 1. The first-order valence-electron chi connectivity index (χ1n) is 8.70. The largest absolute Gasteiger partial charge is 0.352 e. The number of piperidine rings is 1. The van der Waals surface area contributed by atoms with E-state index < -0.39 is 0 Å². The van der Waals surface area contributed by atoms with Crippen LogP contribution in [0.15, 0.2) is 28.8 Å². The summed E-state index contributed by atoms with van der Waals surface area (Å²) in [6.07, 6.45) is 2.83. The zero-order valence-corrected chi connectivity index (χ0v) is 15.1. The van der Waals surface area contributed by atoms with Gasteiger partial charge in [0.1, 0.15) is 0 Å². The van der Waals surface area contributed by atoms with Gasteiger partial charge in [0.25, 0.3) is 0 Å². The Bertz CT molecular complexity index is 701. The van der Waals surface area contributed by atoms with E-state index in [1.807, 2.05) is 12.1 Å². The molecule has 0 radical (unpaired) electrons. The predicted octanol–water partition coefficient (Wildman–Crippen LogP) is 2.83. The number of aromatic nitrogens is 2. The highest BCUT2D eigenvalue weighted by Gasteiger charge is 2.22. The fourth-order valence-electron chi connectivity index (χ4n) is 2.93. The number of carbonyl (C=O) groups excluding carboxylic acids is 1. The number of carbonyl (C=O) groups is 1. The van der Waals surface area contributed by atoms with Gasteiger partial charge >= 0.3 is 0 Å². The average molecular weight is 363 g/mol. The van der Waals surface area contributed by atoms with Crippen LogP contribution in [0.4, 0.5) is 0 Å². The maximum absolute atomic E-state index is 12.1. The lowest BCUT2D eigenvalue weighted by atomic mass is 9.94. The normalized spacial score (nSPS) is 20.4. The maximum atomic E-state index is 12.1. The molecule has 134 valence electrons. The fourth-order valence-corrected chi connectivity index (χ4v) is 3.06. The van der Waals surface area contributed by atoms with Crippen molar-refractivity contribution in [3.05, 3.63) is 35.2 Å². The first-order chi connectivity index (χ1) is 12.1. The number of amides is 1. The molecule has 1 amide bonds. The van der Waals surface area contributed by atoms with Crippen molar-refractivity contribution in [2.75, 3.05) is 13.1 Å². The molecule has 1 fully saturated rings. The van der Waals surface area contributed by atoms with E-state index in [1.165, 1.54) is 0 Å². The zero-order valence-electron chi connectivity index (χ0n) is 14.3. The molecule has 0 aliphatic carbocycles. The topological polar surface area (TPSA) is 80.0 Å². The molecule has 3 rings (SSSR count). The van der Waals surface area contributed by atoms with Gasteiger partial charge in [-0.2, -0.15) is 4.98 Å². The van der Waals surface area contributed by atoms with Crippen molar-refractivity contribution >= 4 is 17.5 Å². The number of hydrogen-bond donors (Lipinski definition) is 2. The number of nitrogens with zero attached hydrogens (tertiary/aromatic N) is 2. The Labute approximate surface area is 152 Å². The van der Waals surface area contributed by atoms with E-state index in [0.29, 0.717) is 41.9 Å². The summed E-state index contributed by atoms with van der Waals surface area (Å²) in [7, 11) is 0. The molecule has 2 N–H and O–H groups in total. The van der Waals surface area contributed by atoms with Gasteiger partial charge in [0.2, 0.25) is 17.6 Å². The summed E-state index contributed by atoms with van der Waals surface area (Å²) >= 11 is 5.88. The van der Waals surface area contributed by atoms with Gasteiger partial charge in [-0.3, -0.25) is 4.79 Å². The predicted molar refractivity (Wildman–Crippen MR) is 96.3 cm³/mol. The highest BCUT2D eigenvalue weighted by Crippen LogP contribution is 2.19. The van der Waals surface area contributed by atoms with Crippen LogP contribution in [0.25, 0.3) is 11.4 Å². The van der Waals surface area contributed by atoms with E-state index in [-0.39, 0.29) is 11.9 Å². The molecule has 0 saturated carbocycles. The SMILES string of the molecule is CC1CCNCC1NC(=O)CCCc1nc(-c2ccc(Cl)cc2)no1. The van der Waals surface area contributed by atoms with E-state index in [2.05, 4.69) is 27.7 Å². The first-order valence-corrected chi connectivity index (χ1v) is 9.08. The standard InChI is InChI=1S/C18H23ClN4O2/c1-12-9-10-20-11-15(12)21-16(24)3-2-4-17-22-18(23-25-17)13-5-7-14(19)8-6-13/h5-8,12,15,20H,2-4,9-11H2,1H3,(H,21,24). The fraction of sp³-hybridized carbons (Fsp3) is 0.500. The van der Waals surface area contributed by atoms with Crippen LogP contribution < -0.4 is 10.6 Å². The average Bonchev–Trinajstić information content (AvgIpc) is 3.06. The molecule has 1 aliphatic rings. The molecule has 2 unspecified atom stereocenters. The molecule has 6 nitrogen and oxygen atoms in total. The van der Waals surface area contributed by atoms with E-state index in [9.17, 15) is 4.79 Å². The van der Waals surface area contributed by atoms with Crippen LogP contribution in [-0.4, -0.2) is 35.2 Å². The Balaban J connectivity index is 1.44. The van der Waals surface area contributed by atoms with Crippen LogP contribution in [0.5, 0.6) is 0 Å². The quantitative estimate of drug-likeness (QED) is 0.826. The van der Waals surface area contributed by atoms with Gasteiger partial charge in [0.05, 0.1) is 0 Å². The molecule has 2 heterocycles. The molecule has 1 aliphatic heterocycles.